The second-order valence-corrected chi connectivity index (χ2v) is 5.57. The molecule has 18 heavy (non-hydrogen) atoms. The molecule has 2 atom stereocenters. The van der Waals surface area contributed by atoms with Gasteiger partial charge in [-0.05, 0) is 36.8 Å². The third-order valence-corrected chi connectivity index (χ3v) is 3.95. The molecule has 0 heterocycles. The van der Waals surface area contributed by atoms with Crippen molar-refractivity contribution >= 4 is 5.69 Å². The predicted octanol–water partition coefficient (Wildman–Crippen LogP) is 4.59. The van der Waals surface area contributed by atoms with E-state index < -0.39 is 11.6 Å². The molecule has 100 valence electrons. The van der Waals surface area contributed by atoms with Crippen molar-refractivity contribution in [2.75, 3.05) is 5.32 Å². The maximum absolute atomic E-state index is 13.6. The van der Waals surface area contributed by atoms with Gasteiger partial charge in [-0.25, -0.2) is 8.78 Å². The first-order chi connectivity index (χ1) is 8.58. The number of hydrogen-bond acceptors (Lipinski definition) is 1. The van der Waals surface area contributed by atoms with E-state index in [1.165, 1.54) is 31.4 Å². The Labute approximate surface area is 108 Å². The van der Waals surface area contributed by atoms with Gasteiger partial charge < -0.3 is 5.32 Å². The highest BCUT2D eigenvalue weighted by Crippen LogP contribution is 2.32. The van der Waals surface area contributed by atoms with Crippen LogP contribution in [0.1, 0.15) is 39.5 Å². The predicted molar refractivity (Wildman–Crippen MR) is 70.6 cm³/mol. The van der Waals surface area contributed by atoms with Gasteiger partial charge in [-0.1, -0.05) is 26.7 Å². The summed E-state index contributed by atoms with van der Waals surface area (Å²) in [5.41, 5.74) is 0.425. The Kier molecular flexibility index (Phi) is 4.20. The number of halogens is 2. The van der Waals surface area contributed by atoms with E-state index in [9.17, 15) is 8.78 Å². The van der Waals surface area contributed by atoms with Crippen LogP contribution in [0.25, 0.3) is 0 Å². The number of anilines is 1. The summed E-state index contributed by atoms with van der Waals surface area (Å²) in [5.74, 6) is 0.139. The van der Waals surface area contributed by atoms with E-state index in [0.29, 0.717) is 23.6 Å². The van der Waals surface area contributed by atoms with Crippen molar-refractivity contribution in [1.29, 1.82) is 0 Å². The molecule has 0 aromatic heterocycles. The summed E-state index contributed by atoms with van der Waals surface area (Å²) in [6.07, 6.45) is 4.70. The van der Waals surface area contributed by atoms with Gasteiger partial charge in [-0.2, -0.15) is 0 Å². The highest BCUT2D eigenvalue weighted by atomic mass is 19.1. The van der Waals surface area contributed by atoms with Crippen LogP contribution in [0.15, 0.2) is 18.2 Å². The van der Waals surface area contributed by atoms with Crippen LogP contribution in [-0.4, -0.2) is 6.04 Å². The highest BCUT2D eigenvalue weighted by molar-refractivity contribution is 5.45. The lowest BCUT2D eigenvalue weighted by atomic mass is 9.78. The zero-order chi connectivity index (χ0) is 13.1. The van der Waals surface area contributed by atoms with Crippen LogP contribution in [0.3, 0.4) is 0 Å². The number of hydrogen-bond donors (Lipinski definition) is 1. The van der Waals surface area contributed by atoms with E-state index in [1.807, 2.05) is 0 Å². The summed E-state index contributed by atoms with van der Waals surface area (Å²) >= 11 is 0. The maximum atomic E-state index is 13.6. The normalized spacial score (nSPS) is 24.3. The van der Waals surface area contributed by atoms with Gasteiger partial charge in [0.2, 0.25) is 0 Å². The lowest BCUT2D eigenvalue weighted by molar-refractivity contribution is 0.253. The van der Waals surface area contributed by atoms with Crippen molar-refractivity contribution in [1.82, 2.24) is 0 Å². The molecule has 0 aliphatic heterocycles. The molecule has 2 unspecified atom stereocenters. The number of benzene rings is 1. The molecule has 3 heteroatoms. The van der Waals surface area contributed by atoms with Gasteiger partial charge in [0, 0.05) is 12.1 Å². The molecule has 0 saturated heterocycles. The van der Waals surface area contributed by atoms with Gasteiger partial charge in [0.05, 0.1) is 5.69 Å². The summed E-state index contributed by atoms with van der Waals surface area (Å²) in [4.78, 5) is 0. The minimum absolute atomic E-state index is 0.304. The van der Waals surface area contributed by atoms with Gasteiger partial charge in [0.1, 0.15) is 11.6 Å². The quantitative estimate of drug-likeness (QED) is 0.830. The largest absolute Gasteiger partial charge is 0.380 e. The van der Waals surface area contributed by atoms with Gasteiger partial charge in [0.15, 0.2) is 0 Å². The fourth-order valence-electron chi connectivity index (χ4n) is 2.94. The van der Waals surface area contributed by atoms with Crippen molar-refractivity contribution in [2.45, 2.75) is 45.6 Å². The van der Waals surface area contributed by atoms with Gasteiger partial charge in [-0.15, -0.1) is 0 Å². The third-order valence-electron chi connectivity index (χ3n) is 3.95. The summed E-state index contributed by atoms with van der Waals surface area (Å²) in [7, 11) is 0. The summed E-state index contributed by atoms with van der Waals surface area (Å²) in [5, 5.41) is 3.27. The first kappa shape index (κ1) is 13.3. The lowest BCUT2D eigenvalue weighted by Crippen LogP contribution is -2.35. The first-order valence-electron chi connectivity index (χ1n) is 6.79. The zero-order valence-corrected chi connectivity index (χ0v) is 11.0. The third kappa shape index (κ3) is 3.01. The Balaban J connectivity index is 2.11. The van der Waals surface area contributed by atoms with Gasteiger partial charge in [0.25, 0.3) is 0 Å². The molecule has 1 aromatic carbocycles. The molecular weight excluding hydrogens is 232 g/mol. The maximum Gasteiger partial charge on any atom is 0.149 e. The molecule has 1 N–H and O–H groups in total. The average Bonchev–Trinajstić information content (AvgIpc) is 2.33. The van der Waals surface area contributed by atoms with Crippen molar-refractivity contribution < 1.29 is 8.78 Å². The van der Waals surface area contributed by atoms with Crippen molar-refractivity contribution in [3.63, 3.8) is 0 Å². The van der Waals surface area contributed by atoms with Crippen LogP contribution in [0.4, 0.5) is 14.5 Å². The van der Waals surface area contributed by atoms with Crippen LogP contribution in [-0.2, 0) is 0 Å². The summed E-state index contributed by atoms with van der Waals surface area (Å²) in [6.45, 7) is 4.43. The van der Waals surface area contributed by atoms with Crippen LogP contribution >= 0.6 is 0 Å². The van der Waals surface area contributed by atoms with E-state index in [0.717, 1.165) is 12.5 Å². The minimum atomic E-state index is -0.526. The average molecular weight is 253 g/mol. The van der Waals surface area contributed by atoms with Crippen molar-refractivity contribution in [3.05, 3.63) is 29.8 Å². The molecule has 1 fully saturated rings. The molecule has 0 spiro atoms. The van der Waals surface area contributed by atoms with Crippen LogP contribution in [0.5, 0.6) is 0 Å². The molecule has 0 radical (unpaired) electrons. The Morgan fingerprint density at radius 2 is 1.89 bits per heavy atom. The Morgan fingerprint density at radius 3 is 2.56 bits per heavy atom. The Hall–Kier alpha value is -1.12. The standard InChI is InChI=1S/C15H21F2N/c1-10(2)12-5-3-4-6-14(12)18-15-8-7-11(16)9-13(15)17/h7-10,12,14,18H,3-6H2,1-2H3. The second kappa shape index (κ2) is 5.68. The van der Waals surface area contributed by atoms with Crippen LogP contribution in [0, 0.1) is 23.5 Å². The molecule has 1 nitrogen and oxygen atoms in total. The summed E-state index contributed by atoms with van der Waals surface area (Å²) < 4.78 is 26.5. The molecule has 1 saturated carbocycles. The minimum Gasteiger partial charge on any atom is -0.380 e. The van der Waals surface area contributed by atoms with Crippen molar-refractivity contribution in [3.8, 4) is 0 Å². The van der Waals surface area contributed by atoms with Crippen molar-refractivity contribution in [2.24, 2.45) is 11.8 Å². The lowest BCUT2D eigenvalue weighted by Gasteiger charge is -2.35. The molecule has 0 amide bonds. The molecule has 1 aliphatic carbocycles. The van der Waals surface area contributed by atoms with E-state index in [1.54, 1.807) is 0 Å². The monoisotopic (exact) mass is 253 g/mol. The number of nitrogens with one attached hydrogen (secondary N) is 1. The first-order valence-corrected chi connectivity index (χ1v) is 6.79. The smallest absolute Gasteiger partial charge is 0.149 e. The van der Waals surface area contributed by atoms with E-state index in [4.69, 9.17) is 0 Å². The van der Waals surface area contributed by atoms with Gasteiger partial charge >= 0.3 is 0 Å². The van der Waals surface area contributed by atoms with E-state index >= 15 is 0 Å². The van der Waals surface area contributed by atoms with Crippen LogP contribution in [0.2, 0.25) is 0 Å². The highest BCUT2D eigenvalue weighted by Gasteiger charge is 2.27. The van der Waals surface area contributed by atoms with E-state index in [-0.39, 0.29) is 0 Å². The van der Waals surface area contributed by atoms with E-state index in [2.05, 4.69) is 19.2 Å². The Bertz CT molecular complexity index is 403. The zero-order valence-electron chi connectivity index (χ0n) is 11.0. The Morgan fingerprint density at radius 1 is 1.17 bits per heavy atom. The molecule has 1 aliphatic rings. The fourth-order valence-corrected chi connectivity index (χ4v) is 2.94. The van der Waals surface area contributed by atoms with Gasteiger partial charge in [-0.3, -0.25) is 0 Å². The topological polar surface area (TPSA) is 12.0 Å². The SMILES string of the molecule is CC(C)C1CCCCC1Nc1ccc(F)cc1F. The molecule has 1 aromatic rings. The molecule has 2 rings (SSSR count). The molecule has 0 bridgehead atoms. The van der Waals surface area contributed by atoms with Crippen LogP contribution < -0.4 is 5.32 Å². The summed E-state index contributed by atoms with van der Waals surface area (Å²) in [6, 6.07) is 4.05. The number of rotatable bonds is 3. The molecular formula is C15H21F2N. The second-order valence-electron chi connectivity index (χ2n) is 5.57. The fraction of sp³-hybridized carbons (Fsp3) is 0.600.